The minimum absolute atomic E-state index is 0.0913. The number of esters is 1. The fourth-order valence-corrected chi connectivity index (χ4v) is 2.28. The molecule has 0 heterocycles. The third kappa shape index (κ3) is 5.37. The number of hydrogen-bond donors (Lipinski definition) is 1. The zero-order valence-electron chi connectivity index (χ0n) is 15.1. The summed E-state index contributed by atoms with van der Waals surface area (Å²) in [6, 6.07) is 9.95. The highest BCUT2D eigenvalue weighted by atomic mass is 35.5. The second kappa shape index (κ2) is 8.31. The first-order valence-electron chi connectivity index (χ1n) is 8.15. The van der Waals surface area contributed by atoms with Gasteiger partial charge in [-0.15, -0.1) is 0 Å². The van der Waals surface area contributed by atoms with E-state index in [2.05, 4.69) is 5.32 Å². The Morgan fingerprint density at radius 2 is 1.70 bits per heavy atom. The van der Waals surface area contributed by atoms with Crippen molar-refractivity contribution in [3.8, 4) is 0 Å². The Bertz CT molecular complexity index is 852. The molecular weight excluding hydrogens is 373 g/mol. The lowest BCUT2D eigenvalue weighted by atomic mass is 9.95. The van der Waals surface area contributed by atoms with Gasteiger partial charge in [0.15, 0.2) is 12.4 Å². The van der Waals surface area contributed by atoms with Gasteiger partial charge in [-0.2, -0.15) is 0 Å². The van der Waals surface area contributed by atoms with E-state index in [1.165, 1.54) is 24.3 Å². The van der Waals surface area contributed by atoms with Gasteiger partial charge in [-0.3, -0.25) is 9.59 Å². The molecule has 0 aliphatic carbocycles. The van der Waals surface area contributed by atoms with E-state index < -0.39 is 35.2 Å². The molecule has 7 heteroatoms. The highest BCUT2D eigenvalue weighted by molar-refractivity contribution is 6.33. The molecule has 1 amide bonds. The van der Waals surface area contributed by atoms with E-state index in [0.717, 1.165) is 6.07 Å². The summed E-state index contributed by atoms with van der Waals surface area (Å²) < 4.78 is 18.5. The van der Waals surface area contributed by atoms with Gasteiger partial charge < -0.3 is 10.1 Å². The molecule has 0 atom stereocenters. The van der Waals surface area contributed by atoms with Crippen LogP contribution in [0, 0.1) is 11.2 Å². The number of benzene rings is 2. The van der Waals surface area contributed by atoms with E-state index in [-0.39, 0.29) is 16.5 Å². The Hall–Kier alpha value is -2.73. The fraction of sp³-hybridized carbons (Fsp3) is 0.250. The Kier molecular flexibility index (Phi) is 6.33. The molecule has 0 aliphatic heterocycles. The van der Waals surface area contributed by atoms with Crippen LogP contribution in [0.2, 0.25) is 5.02 Å². The van der Waals surface area contributed by atoms with Crippen LogP contribution in [0.5, 0.6) is 0 Å². The number of carbonyl (C=O) groups excluding carboxylic acids is 3. The lowest BCUT2D eigenvalue weighted by Crippen LogP contribution is -2.27. The largest absolute Gasteiger partial charge is 0.454 e. The smallest absolute Gasteiger partial charge is 0.343 e. The van der Waals surface area contributed by atoms with Crippen molar-refractivity contribution in [3.63, 3.8) is 0 Å². The number of carbonyl (C=O) groups is 3. The molecule has 2 aromatic rings. The molecule has 2 rings (SSSR count). The van der Waals surface area contributed by atoms with Crippen molar-refractivity contribution >= 4 is 34.9 Å². The average molecular weight is 392 g/mol. The monoisotopic (exact) mass is 391 g/mol. The van der Waals surface area contributed by atoms with Crippen molar-refractivity contribution in [3.05, 3.63) is 64.4 Å². The van der Waals surface area contributed by atoms with Crippen LogP contribution in [0.3, 0.4) is 0 Å². The van der Waals surface area contributed by atoms with Crippen molar-refractivity contribution in [2.45, 2.75) is 20.8 Å². The molecule has 0 radical (unpaired) electrons. The predicted molar refractivity (Wildman–Crippen MR) is 101 cm³/mol. The molecule has 27 heavy (non-hydrogen) atoms. The minimum Gasteiger partial charge on any atom is -0.454 e. The molecule has 0 spiro atoms. The molecule has 0 fully saturated rings. The van der Waals surface area contributed by atoms with E-state index >= 15 is 0 Å². The summed E-state index contributed by atoms with van der Waals surface area (Å²) in [5.41, 5.74) is -0.124. The normalized spacial score (nSPS) is 11.0. The molecular formula is C20H19ClFNO4. The minimum atomic E-state index is -1.01. The molecule has 2 aromatic carbocycles. The van der Waals surface area contributed by atoms with Gasteiger partial charge in [0.1, 0.15) is 11.4 Å². The molecule has 0 saturated carbocycles. The third-order valence-corrected chi connectivity index (χ3v) is 3.96. The molecule has 0 saturated heterocycles. The summed E-state index contributed by atoms with van der Waals surface area (Å²) in [7, 11) is 0. The number of rotatable bonds is 5. The van der Waals surface area contributed by atoms with Crippen LogP contribution >= 0.6 is 11.6 Å². The summed E-state index contributed by atoms with van der Waals surface area (Å²) in [5.74, 6) is -2.46. The fourth-order valence-electron chi connectivity index (χ4n) is 2.04. The van der Waals surface area contributed by atoms with Crippen LogP contribution in [0.15, 0.2) is 42.5 Å². The van der Waals surface area contributed by atoms with Crippen molar-refractivity contribution in [2.24, 2.45) is 5.41 Å². The summed E-state index contributed by atoms with van der Waals surface area (Å²) in [6.45, 7) is 4.81. The van der Waals surface area contributed by atoms with E-state index in [1.807, 2.05) is 0 Å². The van der Waals surface area contributed by atoms with E-state index in [9.17, 15) is 18.8 Å². The zero-order chi connectivity index (χ0) is 20.2. The summed E-state index contributed by atoms with van der Waals surface area (Å²) >= 11 is 5.79. The maximum Gasteiger partial charge on any atom is 0.343 e. The first-order valence-corrected chi connectivity index (χ1v) is 8.53. The molecule has 0 bridgehead atoms. The number of hydrogen-bond acceptors (Lipinski definition) is 4. The van der Waals surface area contributed by atoms with Gasteiger partial charge >= 0.3 is 5.97 Å². The van der Waals surface area contributed by atoms with E-state index in [1.54, 1.807) is 32.9 Å². The second-order valence-electron chi connectivity index (χ2n) is 6.88. The summed E-state index contributed by atoms with van der Waals surface area (Å²) in [4.78, 5) is 36.0. The maximum atomic E-state index is 13.7. The zero-order valence-corrected chi connectivity index (χ0v) is 15.9. The Morgan fingerprint density at radius 3 is 2.26 bits per heavy atom. The summed E-state index contributed by atoms with van der Waals surface area (Å²) in [6.07, 6.45) is 0. The van der Waals surface area contributed by atoms with Crippen molar-refractivity contribution in [2.75, 3.05) is 11.9 Å². The lowest BCUT2D eigenvalue weighted by Gasteiger charge is -2.17. The van der Waals surface area contributed by atoms with Crippen molar-refractivity contribution in [1.82, 2.24) is 0 Å². The van der Waals surface area contributed by atoms with Gasteiger partial charge in [0.2, 0.25) is 5.91 Å². The Morgan fingerprint density at radius 1 is 1.07 bits per heavy atom. The van der Waals surface area contributed by atoms with E-state index in [0.29, 0.717) is 5.69 Å². The van der Waals surface area contributed by atoms with Gasteiger partial charge in [-0.1, -0.05) is 38.4 Å². The maximum absolute atomic E-state index is 13.7. The molecule has 0 aliphatic rings. The highest BCUT2D eigenvalue weighted by Crippen LogP contribution is 2.20. The van der Waals surface area contributed by atoms with E-state index in [4.69, 9.17) is 16.3 Å². The SMILES string of the molecule is CC(C)(C)C(=O)Nc1ccc(C(=O)COC(=O)c2c(F)cccc2Cl)cc1. The average Bonchev–Trinajstić information content (AvgIpc) is 2.59. The predicted octanol–water partition coefficient (Wildman–Crippen LogP) is 4.50. The van der Waals surface area contributed by atoms with Crippen LogP contribution in [0.1, 0.15) is 41.5 Å². The quantitative estimate of drug-likeness (QED) is 0.601. The van der Waals surface area contributed by atoms with Crippen LogP contribution < -0.4 is 5.32 Å². The molecule has 1 N–H and O–H groups in total. The topological polar surface area (TPSA) is 72.5 Å². The van der Waals surface area contributed by atoms with Gasteiger partial charge in [0.05, 0.1) is 5.02 Å². The van der Waals surface area contributed by atoms with Crippen LogP contribution in [0.25, 0.3) is 0 Å². The van der Waals surface area contributed by atoms with Crippen LogP contribution in [-0.4, -0.2) is 24.3 Å². The number of anilines is 1. The Labute approximate surface area is 161 Å². The van der Waals surface area contributed by atoms with Crippen molar-refractivity contribution < 1.29 is 23.5 Å². The number of halogens is 2. The number of ether oxygens (including phenoxy) is 1. The molecule has 5 nitrogen and oxygen atoms in total. The van der Waals surface area contributed by atoms with Crippen LogP contribution in [0.4, 0.5) is 10.1 Å². The summed E-state index contributed by atoms with van der Waals surface area (Å²) in [5, 5.41) is 2.65. The standard InChI is InChI=1S/C20H19ClFNO4/c1-20(2,3)19(26)23-13-9-7-12(8-10-13)16(24)11-27-18(25)17-14(21)5-4-6-15(17)22/h4-10H,11H2,1-3H3,(H,23,26). The van der Waals surface area contributed by atoms with Gasteiger partial charge in [0, 0.05) is 16.7 Å². The number of Topliss-reactive ketones (excluding diaryl/α,β-unsaturated/α-hetero) is 1. The van der Waals surface area contributed by atoms with Gasteiger partial charge in [-0.25, -0.2) is 9.18 Å². The van der Waals surface area contributed by atoms with Crippen molar-refractivity contribution in [1.29, 1.82) is 0 Å². The van der Waals surface area contributed by atoms with Gasteiger partial charge in [0.25, 0.3) is 0 Å². The number of nitrogens with one attached hydrogen (secondary N) is 1. The second-order valence-corrected chi connectivity index (χ2v) is 7.28. The highest BCUT2D eigenvalue weighted by Gasteiger charge is 2.21. The number of amides is 1. The van der Waals surface area contributed by atoms with Crippen LogP contribution in [-0.2, 0) is 9.53 Å². The third-order valence-electron chi connectivity index (χ3n) is 3.65. The molecule has 142 valence electrons. The number of ketones is 1. The molecule has 0 aromatic heterocycles. The first kappa shape index (κ1) is 20.6. The molecule has 0 unspecified atom stereocenters. The van der Waals surface area contributed by atoms with Gasteiger partial charge in [-0.05, 0) is 36.4 Å². The Balaban J connectivity index is 1.98. The first-order chi connectivity index (χ1) is 12.6. The lowest BCUT2D eigenvalue weighted by molar-refractivity contribution is -0.123.